The highest BCUT2D eigenvalue weighted by molar-refractivity contribution is 9.08. The molecule has 1 aromatic heterocycles. The van der Waals surface area contributed by atoms with Crippen molar-refractivity contribution < 1.29 is 4.74 Å². The van der Waals surface area contributed by atoms with Gasteiger partial charge in [0.1, 0.15) is 12.4 Å². The van der Waals surface area contributed by atoms with Crippen molar-refractivity contribution >= 4 is 27.5 Å². The first kappa shape index (κ1) is 14.4. The molecule has 102 valence electrons. The van der Waals surface area contributed by atoms with Gasteiger partial charge in [-0.1, -0.05) is 33.6 Å². The summed E-state index contributed by atoms with van der Waals surface area (Å²) in [4.78, 5) is 0. The maximum Gasteiger partial charge on any atom is 0.138 e. The van der Waals surface area contributed by atoms with Crippen molar-refractivity contribution in [3.8, 4) is 5.75 Å². The lowest BCUT2D eigenvalue weighted by Crippen LogP contribution is -2.03. The minimum atomic E-state index is 0.357. The second kappa shape index (κ2) is 6.44. The van der Waals surface area contributed by atoms with Crippen molar-refractivity contribution in [3.05, 3.63) is 46.7 Å². The molecule has 0 amide bonds. The predicted octanol–water partition coefficient (Wildman–Crippen LogP) is 4.59. The van der Waals surface area contributed by atoms with E-state index in [0.717, 1.165) is 16.6 Å². The van der Waals surface area contributed by atoms with E-state index in [1.54, 1.807) is 0 Å². The van der Waals surface area contributed by atoms with Crippen molar-refractivity contribution in [1.29, 1.82) is 0 Å². The number of rotatable bonds is 5. The van der Waals surface area contributed by atoms with Crippen LogP contribution in [-0.2, 0) is 11.9 Å². The van der Waals surface area contributed by atoms with E-state index in [1.165, 1.54) is 0 Å². The highest BCUT2D eigenvalue weighted by Gasteiger charge is 2.06. The van der Waals surface area contributed by atoms with E-state index in [-0.39, 0.29) is 0 Å². The number of halogens is 2. The van der Waals surface area contributed by atoms with Crippen molar-refractivity contribution in [2.24, 2.45) is 0 Å². The van der Waals surface area contributed by atoms with E-state index in [2.05, 4.69) is 34.9 Å². The monoisotopic (exact) mass is 342 g/mol. The van der Waals surface area contributed by atoms with Gasteiger partial charge < -0.3 is 4.74 Å². The predicted molar refractivity (Wildman–Crippen MR) is 81.0 cm³/mol. The Morgan fingerprint density at radius 3 is 2.74 bits per heavy atom. The minimum Gasteiger partial charge on any atom is -0.486 e. The topological polar surface area (TPSA) is 27.1 Å². The van der Waals surface area contributed by atoms with Crippen LogP contribution in [0.5, 0.6) is 5.75 Å². The van der Waals surface area contributed by atoms with Gasteiger partial charge in [-0.05, 0) is 37.6 Å². The Hall–Kier alpha value is -1.00. The Kier molecular flexibility index (Phi) is 4.88. The molecule has 0 bridgehead atoms. The quantitative estimate of drug-likeness (QED) is 0.742. The highest BCUT2D eigenvalue weighted by Crippen LogP contribution is 2.27. The van der Waals surface area contributed by atoms with Gasteiger partial charge in [0.05, 0.1) is 10.7 Å². The molecule has 0 unspecified atom stereocenters. The molecule has 3 nitrogen and oxygen atoms in total. The molecule has 0 saturated carbocycles. The van der Waals surface area contributed by atoms with Crippen LogP contribution in [0.3, 0.4) is 0 Å². The SMILES string of the molecule is CC(C)n1ccc(COc2ccc(CBr)cc2Cl)n1. The summed E-state index contributed by atoms with van der Waals surface area (Å²) in [7, 11) is 0. The molecule has 0 aliphatic rings. The first-order chi connectivity index (χ1) is 9.10. The molecule has 0 aliphatic carbocycles. The maximum absolute atomic E-state index is 6.16. The molecule has 0 saturated heterocycles. The lowest BCUT2D eigenvalue weighted by Gasteiger charge is -2.08. The fourth-order valence-corrected chi connectivity index (χ4v) is 2.24. The third-order valence-electron chi connectivity index (χ3n) is 2.72. The Balaban J connectivity index is 2.01. The van der Waals surface area contributed by atoms with Gasteiger partial charge in [0.2, 0.25) is 0 Å². The van der Waals surface area contributed by atoms with Crippen molar-refractivity contribution in [2.45, 2.75) is 31.8 Å². The van der Waals surface area contributed by atoms with E-state index in [1.807, 2.05) is 35.1 Å². The van der Waals surface area contributed by atoms with E-state index in [0.29, 0.717) is 23.4 Å². The Morgan fingerprint density at radius 2 is 2.16 bits per heavy atom. The summed E-state index contributed by atoms with van der Waals surface area (Å²) in [5.74, 6) is 0.686. The smallest absolute Gasteiger partial charge is 0.138 e. The number of alkyl halides is 1. The van der Waals surface area contributed by atoms with E-state index >= 15 is 0 Å². The Bertz CT molecular complexity index is 554. The van der Waals surface area contributed by atoms with Crippen molar-refractivity contribution in [2.75, 3.05) is 0 Å². The normalized spacial score (nSPS) is 11.0. The minimum absolute atomic E-state index is 0.357. The fourth-order valence-electron chi connectivity index (χ4n) is 1.64. The summed E-state index contributed by atoms with van der Waals surface area (Å²) in [6.45, 7) is 4.61. The molecule has 0 N–H and O–H groups in total. The number of hydrogen-bond acceptors (Lipinski definition) is 2. The number of ether oxygens (including phenoxy) is 1. The van der Waals surface area contributed by atoms with Crippen LogP contribution < -0.4 is 4.74 Å². The lowest BCUT2D eigenvalue weighted by atomic mass is 10.2. The van der Waals surface area contributed by atoms with Crippen molar-refractivity contribution in [3.63, 3.8) is 0 Å². The van der Waals surface area contributed by atoms with Gasteiger partial charge >= 0.3 is 0 Å². The zero-order valence-electron chi connectivity index (χ0n) is 10.9. The van der Waals surface area contributed by atoms with Crippen LogP contribution in [0.4, 0.5) is 0 Å². The summed E-state index contributed by atoms with van der Waals surface area (Å²) in [6, 6.07) is 8.09. The van der Waals surface area contributed by atoms with Crippen LogP contribution >= 0.6 is 27.5 Å². The largest absolute Gasteiger partial charge is 0.486 e. The average molecular weight is 344 g/mol. The molecule has 1 aromatic carbocycles. The molecule has 1 heterocycles. The zero-order valence-corrected chi connectivity index (χ0v) is 13.3. The average Bonchev–Trinajstić information content (AvgIpc) is 2.86. The molecule has 5 heteroatoms. The molecule has 0 atom stereocenters. The molecule has 19 heavy (non-hydrogen) atoms. The fraction of sp³-hybridized carbons (Fsp3) is 0.357. The summed E-state index contributed by atoms with van der Waals surface area (Å²) in [5.41, 5.74) is 2.02. The van der Waals surface area contributed by atoms with Gasteiger partial charge in [-0.3, -0.25) is 4.68 Å². The summed E-state index contributed by atoms with van der Waals surface area (Å²) in [5, 5.41) is 5.84. The molecule has 0 radical (unpaired) electrons. The molecule has 2 rings (SSSR count). The highest BCUT2D eigenvalue weighted by atomic mass is 79.9. The maximum atomic E-state index is 6.16. The first-order valence-corrected chi connectivity index (χ1v) is 7.61. The van der Waals surface area contributed by atoms with Crippen LogP contribution in [-0.4, -0.2) is 9.78 Å². The van der Waals surface area contributed by atoms with Gasteiger partial charge in [0.25, 0.3) is 0 Å². The third kappa shape index (κ3) is 3.74. The molecular formula is C14H16BrClN2O. The van der Waals surface area contributed by atoms with Crippen LogP contribution in [0.15, 0.2) is 30.5 Å². The number of benzene rings is 1. The Labute approximate surface area is 126 Å². The van der Waals surface area contributed by atoms with Crippen molar-refractivity contribution in [1.82, 2.24) is 9.78 Å². The van der Waals surface area contributed by atoms with E-state index in [4.69, 9.17) is 16.3 Å². The summed E-state index contributed by atoms with van der Waals surface area (Å²) in [6.07, 6.45) is 1.96. The molecule has 0 fully saturated rings. The molecule has 0 spiro atoms. The number of nitrogens with zero attached hydrogens (tertiary/aromatic N) is 2. The molecular weight excluding hydrogens is 328 g/mol. The Morgan fingerprint density at radius 1 is 1.37 bits per heavy atom. The van der Waals surface area contributed by atoms with Crippen LogP contribution in [0.2, 0.25) is 5.02 Å². The van der Waals surface area contributed by atoms with Gasteiger partial charge in [-0.15, -0.1) is 0 Å². The van der Waals surface area contributed by atoms with E-state index in [9.17, 15) is 0 Å². The number of aromatic nitrogens is 2. The number of hydrogen-bond donors (Lipinski definition) is 0. The zero-order chi connectivity index (χ0) is 13.8. The van der Waals surface area contributed by atoms with Gasteiger partial charge in [-0.2, -0.15) is 5.10 Å². The second-order valence-corrected chi connectivity index (χ2v) is 5.54. The molecule has 0 aliphatic heterocycles. The second-order valence-electron chi connectivity index (χ2n) is 4.57. The summed E-state index contributed by atoms with van der Waals surface area (Å²) >= 11 is 9.55. The van der Waals surface area contributed by atoms with Gasteiger partial charge in [0.15, 0.2) is 0 Å². The van der Waals surface area contributed by atoms with Crippen LogP contribution in [0.25, 0.3) is 0 Å². The molecule has 2 aromatic rings. The van der Waals surface area contributed by atoms with Gasteiger partial charge in [-0.25, -0.2) is 0 Å². The van der Waals surface area contributed by atoms with Gasteiger partial charge in [0, 0.05) is 17.6 Å². The standard InChI is InChI=1S/C14H16BrClN2O/c1-10(2)18-6-5-12(17-18)9-19-14-4-3-11(8-15)7-13(14)16/h3-7,10H,8-9H2,1-2H3. The van der Waals surface area contributed by atoms with Crippen LogP contribution in [0, 0.1) is 0 Å². The first-order valence-electron chi connectivity index (χ1n) is 6.11. The van der Waals surface area contributed by atoms with Crippen LogP contribution in [0.1, 0.15) is 31.1 Å². The van der Waals surface area contributed by atoms with E-state index < -0.39 is 0 Å². The summed E-state index contributed by atoms with van der Waals surface area (Å²) < 4.78 is 7.60. The lowest BCUT2D eigenvalue weighted by molar-refractivity contribution is 0.299. The third-order valence-corrected chi connectivity index (χ3v) is 3.66.